The van der Waals surface area contributed by atoms with Crippen LogP contribution < -0.4 is 5.56 Å². The molecule has 0 atom stereocenters. The largest absolute Gasteiger partial charge is 0.309 e. The van der Waals surface area contributed by atoms with Gasteiger partial charge in [0.05, 0.1) is 27.6 Å². The summed E-state index contributed by atoms with van der Waals surface area (Å²) in [6.45, 7) is 0. The molecule has 3 aromatic heterocycles. The molecule has 4 nitrogen and oxygen atoms in total. The molecule has 3 heterocycles. The van der Waals surface area contributed by atoms with Crippen LogP contribution in [-0.2, 0) is 0 Å². The molecule has 59 heavy (non-hydrogen) atoms. The monoisotopic (exact) mass is 753 g/mol. The van der Waals surface area contributed by atoms with Crippen LogP contribution in [-0.4, -0.2) is 13.7 Å². The SMILES string of the molecule is O=c1c2ccccc2c2cc(-c3ccc4c(c3)c3cc(-c5ccc6c(c5)c5ccccc5n6-c5ccccc5)ccc3n4-c3ccccc3)ccc2n1-c1ccccc1. The Kier molecular flexibility index (Phi) is 7.35. The normalized spacial score (nSPS) is 11.8. The number of hydrogen-bond acceptors (Lipinski definition) is 1. The van der Waals surface area contributed by atoms with E-state index in [0.717, 1.165) is 55.5 Å². The van der Waals surface area contributed by atoms with Crippen LogP contribution in [0.4, 0.5) is 0 Å². The van der Waals surface area contributed by atoms with Gasteiger partial charge in [0.2, 0.25) is 0 Å². The Labute approximate surface area is 339 Å². The van der Waals surface area contributed by atoms with Gasteiger partial charge >= 0.3 is 0 Å². The zero-order valence-corrected chi connectivity index (χ0v) is 32.0. The molecule has 0 spiro atoms. The van der Waals surface area contributed by atoms with E-state index in [0.29, 0.717) is 5.39 Å². The first kappa shape index (κ1) is 33.2. The third-order valence-corrected chi connectivity index (χ3v) is 12.0. The molecule has 0 amide bonds. The second-order valence-corrected chi connectivity index (χ2v) is 15.3. The molecule has 0 N–H and O–H groups in total. The lowest BCUT2D eigenvalue weighted by atomic mass is 9.97. The van der Waals surface area contributed by atoms with Crippen LogP contribution in [0.3, 0.4) is 0 Å². The highest BCUT2D eigenvalue weighted by molar-refractivity contribution is 6.14. The number of rotatable bonds is 5. The van der Waals surface area contributed by atoms with E-state index in [1.54, 1.807) is 0 Å². The van der Waals surface area contributed by atoms with Crippen molar-refractivity contribution in [3.05, 3.63) is 223 Å². The highest BCUT2D eigenvalue weighted by Gasteiger charge is 2.18. The second-order valence-electron chi connectivity index (χ2n) is 15.3. The van der Waals surface area contributed by atoms with E-state index in [2.05, 4.69) is 173 Å². The summed E-state index contributed by atoms with van der Waals surface area (Å²) in [6.07, 6.45) is 0. The number of para-hydroxylation sites is 4. The van der Waals surface area contributed by atoms with Crippen LogP contribution in [0.1, 0.15) is 0 Å². The lowest BCUT2D eigenvalue weighted by Crippen LogP contribution is -2.19. The quantitative estimate of drug-likeness (QED) is 0.161. The summed E-state index contributed by atoms with van der Waals surface area (Å²) in [7, 11) is 0. The van der Waals surface area contributed by atoms with Crippen molar-refractivity contribution < 1.29 is 0 Å². The first-order valence-corrected chi connectivity index (χ1v) is 20.1. The molecule has 9 aromatic carbocycles. The van der Waals surface area contributed by atoms with Crippen molar-refractivity contribution >= 4 is 65.3 Å². The molecule has 4 heteroatoms. The van der Waals surface area contributed by atoms with Gasteiger partial charge < -0.3 is 9.13 Å². The van der Waals surface area contributed by atoms with Crippen molar-refractivity contribution in [1.82, 2.24) is 13.7 Å². The average Bonchev–Trinajstić information content (AvgIpc) is 3.82. The van der Waals surface area contributed by atoms with Gasteiger partial charge in [-0.05, 0) is 125 Å². The van der Waals surface area contributed by atoms with Gasteiger partial charge in [-0.15, -0.1) is 0 Å². The summed E-state index contributed by atoms with van der Waals surface area (Å²) in [5.74, 6) is 0. The smallest absolute Gasteiger partial charge is 0.263 e. The molecule has 0 bridgehead atoms. The third-order valence-electron chi connectivity index (χ3n) is 12.0. The Morgan fingerprint density at radius 1 is 0.237 bits per heavy atom. The summed E-state index contributed by atoms with van der Waals surface area (Å²) in [4.78, 5) is 14.0. The van der Waals surface area contributed by atoms with E-state index in [1.165, 1.54) is 43.7 Å². The minimum Gasteiger partial charge on any atom is -0.309 e. The van der Waals surface area contributed by atoms with Crippen molar-refractivity contribution in [2.75, 3.05) is 0 Å². The number of hydrogen-bond donors (Lipinski definition) is 0. The first-order chi connectivity index (χ1) is 29.2. The molecule has 12 aromatic rings. The summed E-state index contributed by atoms with van der Waals surface area (Å²) in [5.41, 5.74) is 13.3. The molecule has 0 saturated carbocycles. The van der Waals surface area contributed by atoms with Crippen molar-refractivity contribution in [2.24, 2.45) is 0 Å². The number of aromatic nitrogens is 3. The summed E-state index contributed by atoms with van der Waals surface area (Å²) in [6, 6.07) is 75.0. The van der Waals surface area contributed by atoms with E-state index in [-0.39, 0.29) is 5.56 Å². The van der Waals surface area contributed by atoms with Crippen LogP contribution in [0.15, 0.2) is 217 Å². The number of nitrogens with zero attached hydrogens (tertiary/aromatic N) is 3. The number of pyridine rings is 1. The fourth-order valence-corrected chi connectivity index (χ4v) is 9.34. The Bertz CT molecular complexity index is 3670. The molecule has 0 saturated heterocycles. The van der Waals surface area contributed by atoms with Crippen LogP contribution in [0.2, 0.25) is 0 Å². The minimum absolute atomic E-state index is 0.0147. The Hall–Kier alpha value is -7.95. The van der Waals surface area contributed by atoms with Gasteiger partial charge in [0, 0.05) is 49.4 Å². The van der Waals surface area contributed by atoms with Crippen molar-refractivity contribution in [3.63, 3.8) is 0 Å². The molecule has 0 aliphatic rings. The lowest BCUT2D eigenvalue weighted by molar-refractivity contribution is 1.06. The number of benzene rings is 9. The molecular formula is C55H35N3O. The zero-order chi connectivity index (χ0) is 39.0. The fourth-order valence-electron chi connectivity index (χ4n) is 9.34. The van der Waals surface area contributed by atoms with Gasteiger partial charge in [-0.3, -0.25) is 9.36 Å². The predicted octanol–water partition coefficient (Wildman–Crippen LogP) is 13.7. The fraction of sp³-hybridized carbons (Fsp3) is 0. The molecule has 0 radical (unpaired) electrons. The minimum atomic E-state index is -0.0147. The van der Waals surface area contributed by atoms with Gasteiger partial charge in [-0.2, -0.15) is 0 Å². The van der Waals surface area contributed by atoms with Gasteiger partial charge in [0.15, 0.2) is 0 Å². The van der Waals surface area contributed by atoms with E-state index < -0.39 is 0 Å². The molecular weight excluding hydrogens is 719 g/mol. The first-order valence-electron chi connectivity index (χ1n) is 20.1. The maximum atomic E-state index is 14.0. The molecule has 276 valence electrons. The summed E-state index contributed by atoms with van der Waals surface area (Å²) < 4.78 is 6.58. The van der Waals surface area contributed by atoms with Crippen molar-refractivity contribution in [2.45, 2.75) is 0 Å². The molecule has 12 rings (SSSR count). The standard InChI is InChI=1S/C55H35N3O/c59-55-45-22-11-10-20-43(45)46-32-36(27-31-54(46)58(55)42-18-8-3-9-19-42)38-25-29-52-48(34-38)49-35-39(26-30-53(49)57(52)41-16-6-2-7-17-41)37-24-28-51-47(33-37)44-21-12-13-23-50(44)56(51)40-14-4-1-5-15-40/h1-35H. The Morgan fingerprint density at radius 2 is 0.542 bits per heavy atom. The topological polar surface area (TPSA) is 31.9 Å². The van der Waals surface area contributed by atoms with Crippen LogP contribution in [0, 0.1) is 0 Å². The Balaban J connectivity index is 1.06. The zero-order valence-electron chi connectivity index (χ0n) is 32.0. The van der Waals surface area contributed by atoms with Crippen molar-refractivity contribution in [3.8, 4) is 39.3 Å². The second kappa shape index (κ2) is 13.1. The van der Waals surface area contributed by atoms with Crippen LogP contribution in [0.25, 0.3) is 105 Å². The van der Waals surface area contributed by atoms with Gasteiger partial charge in [0.25, 0.3) is 5.56 Å². The van der Waals surface area contributed by atoms with E-state index in [9.17, 15) is 4.79 Å². The van der Waals surface area contributed by atoms with Gasteiger partial charge in [-0.25, -0.2) is 0 Å². The van der Waals surface area contributed by atoms with Gasteiger partial charge in [-0.1, -0.05) is 115 Å². The molecule has 0 aliphatic carbocycles. The van der Waals surface area contributed by atoms with Gasteiger partial charge in [0.1, 0.15) is 0 Å². The lowest BCUT2D eigenvalue weighted by Gasteiger charge is -2.15. The van der Waals surface area contributed by atoms with E-state index >= 15 is 0 Å². The highest BCUT2D eigenvalue weighted by atomic mass is 16.1. The molecule has 0 aliphatic heterocycles. The molecule has 0 unspecified atom stereocenters. The summed E-state index contributed by atoms with van der Waals surface area (Å²) >= 11 is 0. The van der Waals surface area contributed by atoms with E-state index in [1.807, 2.05) is 53.1 Å². The van der Waals surface area contributed by atoms with Crippen molar-refractivity contribution in [1.29, 1.82) is 0 Å². The van der Waals surface area contributed by atoms with E-state index in [4.69, 9.17) is 0 Å². The van der Waals surface area contributed by atoms with Crippen LogP contribution >= 0.6 is 0 Å². The highest BCUT2D eigenvalue weighted by Crippen LogP contribution is 2.40. The molecule has 0 fully saturated rings. The third kappa shape index (κ3) is 5.13. The maximum Gasteiger partial charge on any atom is 0.263 e. The predicted molar refractivity (Wildman–Crippen MR) is 247 cm³/mol. The summed E-state index contributed by atoms with van der Waals surface area (Å²) in [5, 5.41) is 7.55. The Morgan fingerprint density at radius 3 is 1.00 bits per heavy atom. The number of fused-ring (bicyclic) bond motifs is 9. The average molecular weight is 754 g/mol. The van der Waals surface area contributed by atoms with Crippen LogP contribution in [0.5, 0.6) is 0 Å². The maximum absolute atomic E-state index is 14.0.